The lowest BCUT2D eigenvalue weighted by Gasteiger charge is -2.03. The maximum Gasteiger partial charge on any atom is 0.168 e. The molecule has 0 atom stereocenters. The highest BCUT2D eigenvalue weighted by atomic mass is 35.5. The molecule has 1 aromatic heterocycles. The van der Waals surface area contributed by atoms with Crippen LogP contribution in [0.4, 0.5) is 5.82 Å². The Morgan fingerprint density at radius 3 is 2.53 bits per heavy atom. The maximum absolute atomic E-state index is 5.80. The van der Waals surface area contributed by atoms with Crippen LogP contribution in [-0.2, 0) is 6.54 Å². The van der Waals surface area contributed by atoms with Gasteiger partial charge in [-0.1, -0.05) is 28.9 Å². The normalized spacial score (nSPS) is 10.5. The molecule has 4 nitrogen and oxygen atoms in total. The van der Waals surface area contributed by atoms with E-state index in [1.807, 2.05) is 31.2 Å². The quantitative estimate of drug-likeness (QED) is 0.844. The van der Waals surface area contributed by atoms with Crippen LogP contribution in [0.3, 0.4) is 0 Å². The van der Waals surface area contributed by atoms with Gasteiger partial charge >= 0.3 is 0 Å². The number of benzene rings is 1. The van der Waals surface area contributed by atoms with Crippen LogP contribution in [-0.4, -0.2) is 15.0 Å². The first-order chi connectivity index (χ1) is 7.16. The number of halogens is 1. The lowest BCUT2D eigenvalue weighted by molar-refractivity contribution is 0.633. The topological polar surface area (TPSA) is 56.7 Å². The highest BCUT2D eigenvalue weighted by molar-refractivity contribution is 6.30. The zero-order valence-corrected chi connectivity index (χ0v) is 9.07. The Labute approximate surface area is 92.7 Å². The van der Waals surface area contributed by atoms with Gasteiger partial charge in [-0.25, -0.2) is 4.68 Å². The monoisotopic (exact) mass is 222 g/mol. The van der Waals surface area contributed by atoms with Crippen LogP contribution in [0.1, 0.15) is 11.3 Å². The van der Waals surface area contributed by atoms with E-state index in [1.54, 1.807) is 4.68 Å². The van der Waals surface area contributed by atoms with Crippen LogP contribution in [0.15, 0.2) is 24.3 Å². The van der Waals surface area contributed by atoms with Gasteiger partial charge in [0.1, 0.15) is 0 Å². The molecule has 0 aliphatic heterocycles. The number of nitrogens with two attached hydrogens (primary N) is 1. The fourth-order valence-electron chi connectivity index (χ4n) is 1.29. The van der Waals surface area contributed by atoms with Gasteiger partial charge < -0.3 is 5.73 Å². The van der Waals surface area contributed by atoms with Gasteiger partial charge in [0, 0.05) is 5.02 Å². The van der Waals surface area contributed by atoms with Crippen molar-refractivity contribution in [3.8, 4) is 0 Å². The van der Waals surface area contributed by atoms with Crippen LogP contribution < -0.4 is 5.73 Å². The van der Waals surface area contributed by atoms with Crippen molar-refractivity contribution >= 4 is 17.4 Å². The van der Waals surface area contributed by atoms with Gasteiger partial charge in [-0.05, 0) is 24.6 Å². The molecule has 0 bridgehead atoms. The van der Waals surface area contributed by atoms with Crippen molar-refractivity contribution in [3.63, 3.8) is 0 Å². The van der Waals surface area contributed by atoms with Crippen molar-refractivity contribution in [1.29, 1.82) is 0 Å². The third kappa shape index (κ3) is 2.10. The second-order valence-electron chi connectivity index (χ2n) is 3.34. The van der Waals surface area contributed by atoms with E-state index in [9.17, 15) is 0 Å². The summed E-state index contributed by atoms with van der Waals surface area (Å²) >= 11 is 5.80. The largest absolute Gasteiger partial charge is 0.381 e. The highest BCUT2D eigenvalue weighted by Crippen LogP contribution is 2.12. The lowest BCUT2D eigenvalue weighted by atomic mass is 10.2. The number of aromatic nitrogens is 3. The first-order valence-electron chi connectivity index (χ1n) is 4.57. The van der Waals surface area contributed by atoms with Crippen molar-refractivity contribution in [3.05, 3.63) is 40.5 Å². The number of hydrogen-bond acceptors (Lipinski definition) is 3. The minimum Gasteiger partial charge on any atom is -0.381 e. The van der Waals surface area contributed by atoms with E-state index in [0.29, 0.717) is 12.4 Å². The zero-order chi connectivity index (χ0) is 10.8. The summed E-state index contributed by atoms with van der Waals surface area (Å²) in [4.78, 5) is 0. The molecule has 0 radical (unpaired) electrons. The van der Waals surface area contributed by atoms with E-state index >= 15 is 0 Å². The summed E-state index contributed by atoms with van der Waals surface area (Å²) < 4.78 is 1.76. The summed E-state index contributed by atoms with van der Waals surface area (Å²) in [6.45, 7) is 2.55. The number of nitrogens with zero attached hydrogens (tertiary/aromatic N) is 3. The molecule has 0 aliphatic carbocycles. The third-order valence-electron chi connectivity index (χ3n) is 2.26. The predicted octanol–water partition coefficient (Wildman–Crippen LogP) is 1.87. The molecule has 0 spiro atoms. The number of nitrogen functional groups attached to an aromatic ring is 1. The minimum absolute atomic E-state index is 0.476. The van der Waals surface area contributed by atoms with Gasteiger partial charge in [0.15, 0.2) is 5.82 Å². The van der Waals surface area contributed by atoms with Gasteiger partial charge in [0.25, 0.3) is 0 Å². The number of hydrogen-bond donors (Lipinski definition) is 1. The molecule has 5 heteroatoms. The molecule has 0 saturated heterocycles. The molecule has 0 aliphatic rings. The Bertz CT molecular complexity index is 461. The summed E-state index contributed by atoms with van der Waals surface area (Å²) in [5, 5.41) is 8.47. The first-order valence-corrected chi connectivity index (χ1v) is 4.94. The molecule has 15 heavy (non-hydrogen) atoms. The van der Waals surface area contributed by atoms with E-state index in [4.69, 9.17) is 17.3 Å². The summed E-state index contributed by atoms with van der Waals surface area (Å²) in [5.41, 5.74) is 7.60. The molecule has 78 valence electrons. The van der Waals surface area contributed by atoms with Crippen molar-refractivity contribution in [2.24, 2.45) is 0 Å². The Hall–Kier alpha value is -1.55. The van der Waals surface area contributed by atoms with Crippen molar-refractivity contribution < 1.29 is 0 Å². The maximum atomic E-state index is 5.80. The van der Waals surface area contributed by atoms with Crippen LogP contribution in [0.2, 0.25) is 5.02 Å². The smallest absolute Gasteiger partial charge is 0.168 e. The summed E-state index contributed by atoms with van der Waals surface area (Å²) in [5.74, 6) is 0.476. The van der Waals surface area contributed by atoms with Gasteiger partial charge in [0.05, 0.1) is 12.2 Å². The summed E-state index contributed by atoms with van der Waals surface area (Å²) in [7, 11) is 0. The van der Waals surface area contributed by atoms with E-state index in [1.165, 1.54) is 0 Å². The standard InChI is InChI=1S/C10H11ClN4/c1-7-10(12)13-14-15(7)6-8-2-4-9(11)5-3-8/h2-5H,6,12H2,1H3. The van der Waals surface area contributed by atoms with Crippen LogP contribution in [0.25, 0.3) is 0 Å². The molecule has 0 fully saturated rings. The van der Waals surface area contributed by atoms with Gasteiger partial charge in [-0.3, -0.25) is 0 Å². The third-order valence-corrected chi connectivity index (χ3v) is 2.52. The van der Waals surface area contributed by atoms with E-state index < -0.39 is 0 Å². The van der Waals surface area contributed by atoms with E-state index in [0.717, 1.165) is 16.3 Å². The first kappa shape index (κ1) is 9.98. The molecular formula is C10H11ClN4. The molecule has 0 saturated carbocycles. The van der Waals surface area contributed by atoms with E-state index in [-0.39, 0.29) is 0 Å². The van der Waals surface area contributed by atoms with Crippen LogP contribution >= 0.6 is 11.6 Å². The molecule has 1 heterocycles. The Kier molecular flexibility index (Phi) is 2.60. The molecular weight excluding hydrogens is 212 g/mol. The second kappa shape index (κ2) is 3.90. The molecule has 0 unspecified atom stereocenters. The van der Waals surface area contributed by atoms with Crippen molar-refractivity contribution in [1.82, 2.24) is 15.0 Å². The lowest BCUT2D eigenvalue weighted by Crippen LogP contribution is -2.04. The van der Waals surface area contributed by atoms with Crippen molar-refractivity contribution in [2.45, 2.75) is 13.5 Å². The molecule has 0 amide bonds. The fraction of sp³-hybridized carbons (Fsp3) is 0.200. The van der Waals surface area contributed by atoms with Gasteiger partial charge in [0.2, 0.25) is 0 Å². The average molecular weight is 223 g/mol. The predicted molar refractivity (Wildman–Crippen MR) is 59.7 cm³/mol. The summed E-state index contributed by atoms with van der Waals surface area (Å²) in [6.07, 6.45) is 0. The Morgan fingerprint density at radius 2 is 2.00 bits per heavy atom. The van der Waals surface area contributed by atoms with E-state index in [2.05, 4.69) is 10.3 Å². The van der Waals surface area contributed by atoms with Crippen molar-refractivity contribution in [2.75, 3.05) is 5.73 Å². The van der Waals surface area contributed by atoms with Crippen LogP contribution in [0.5, 0.6) is 0 Å². The zero-order valence-electron chi connectivity index (χ0n) is 8.31. The Morgan fingerprint density at radius 1 is 1.33 bits per heavy atom. The average Bonchev–Trinajstić information content (AvgIpc) is 2.53. The summed E-state index contributed by atoms with van der Waals surface area (Å²) in [6, 6.07) is 7.62. The molecule has 2 aromatic rings. The van der Waals surface area contributed by atoms with Gasteiger partial charge in [-0.15, -0.1) is 5.10 Å². The Balaban J connectivity index is 2.22. The fourth-order valence-corrected chi connectivity index (χ4v) is 1.41. The molecule has 1 aromatic carbocycles. The highest BCUT2D eigenvalue weighted by Gasteiger charge is 2.04. The molecule has 2 N–H and O–H groups in total. The second-order valence-corrected chi connectivity index (χ2v) is 3.78. The SMILES string of the molecule is Cc1c(N)nnn1Cc1ccc(Cl)cc1. The number of anilines is 1. The minimum atomic E-state index is 0.476. The van der Waals surface area contributed by atoms with Gasteiger partial charge in [-0.2, -0.15) is 0 Å². The number of rotatable bonds is 2. The molecule has 2 rings (SSSR count). The van der Waals surface area contributed by atoms with Crippen LogP contribution in [0, 0.1) is 6.92 Å².